The zero-order chi connectivity index (χ0) is 15.1. The summed E-state index contributed by atoms with van der Waals surface area (Å²) in [5.41, 5.74) is 1.87. The molecular weight excluding hydrogens is 300 g/mol. The minimum Gasteiger partial charge on any atom is -0.497 e. The van der Waals surface area contributed by atoms with Crippen molar-refractivity contribution in [3.8, 4) is 11.4 Å². The van der Waals surface area contributed by atoms with Crippen molar-refractivity contribution in [3.63, 3.8) is 0 Å². The summed E-state index contributed by atoms with van der Waals surface area (Å²) in [7, 11) is 1.63. The Balaban J connectivity index is 1.93. The van der Waals surface area contributed by atoms with Crippen LogP contribution in [0, 0.1) is 0 Å². The molecule has 7 heteroatoms. The average Bonchev–Trinajstić information content (AvgIpc) is 2.99. The second kappa shape index (κ2) is 5.17. The average molecular weight is 314 g/mol. The third-order valence-corrected chi connectivity index (χ3v) is 4.80. The molecule has 0 saturated heterocycles. The minimum atomic E-state index is -0.0273. The van der Waals surface area contributed by atoms with E-state index in [1.807, 2.05) is 24.3 Å². The molecule has 0 bridgehead atoms. The first-order valence-electron chi connectivity index (χ1n) is 7.03. The Bertz CT molecular complexity index is 898. The SMILES string of the molecule is COc1ccc(-n2cnc3nc4n(c(=O)c32)CCCS4)cc1. The normalized spacial score (nSPS) is 14.0. The van der Waals surface area contributed by atoms with Crippen LogP contribution in [-0.4, -0.2) is 32.0 Å². The van der Waals surface area contributed by atoms with Gasteiger partial charge in [0.1, 0.15) is 12.1 Å². The summed E-state index contributed by atoms with van der Waals surface area (Å²) in [6.07, 6.45) is 2.64. The number of thioether (sulfide) groups is 1. The summed E-state index contributed by atoms with van der Waals surface area (Å²) < 4.78 is 8.70. The molecule has 112 valence electrons. The molecule has 0 saturated carbocycles. The third kappa shape index (κ3) is 2.00. The molecule has 0 spiro atoms. The van der Waals surface area contributed by atoms with E-state index in [4.69, 9.17) is 4.74 Å². The Morgan fingerprint density at radius 1 is 1.27 bits per heavy atom. The Morgan fingerprint density at radius 2 is 2.09 bits per heavy atom. The van der Waals surface area contributed by atoms with Crippen LogP contribution in [0.1, 0.15) is 6.42 Å². The van der Waals surface area contributed by atoms with Gasteiger partial charge in [0.25, 0.3) is 5.56 Å². The number of hydrogen-bond acceptors (Lipinski definition) is 5. The number of ether oxygens (including phenoxy) is 1. The van der Waals surface area contributed by atoms with E-state index in [2.05, 4.69) is 9.97 Å². The monoisotopic (exact) mass is 314 g/mol. The summed E-state index contributed by atoms with van der Waals surface area (Å²) in [5.74, 6) is 1.77. The van der Waals surface area contributed by atoms with Crippen LogP contribution in [0.4, 0.5) is 0 Å². The molecule has 1 aliphatic heterocycles. The maximum atomic E-state index is 12.8. The smallest absolute Gasteiger partial charge is 0.280 e. The first kappa shape index (κ1) is 13.4. The number of aromatic nitrogens is 4. The lowest BCUT2D eigenvalue weighted by atomic mass is 10.3. The van der Waals surface area contributed by atoms with Crippen molar-refractivity contribution in [1.82, 2.24) is 19.1 Å². The van der Waals surface area contributed by atoms with Gasteiger partial charge in [-0.1, -0.05) is 11.8 Å². The fraction of sp³-hybridized carbons (Fsp3) is 0.267. The highest BCUT2D eigenvalue weighted by Crippen LogP contribution is 2.24. The van der Waals surface area contributed by atoms with Gasteiger partial charge in [0, 0.05) is 18.0 Å². The van der Waals surface area contributed by atoms with Crippen LogP contribution in [0.3, 0.4) is 0 Å². The molecule has 22 heavy (non-hydrogen) atoms. The summed E-state index contributed by atoms with van der Waals surface area (Å²) in [6, 6.07) is 7.53. The van der Waals surface area contributed by atoms with Gasteiger partial charge in [-0.2, -0.15) is 0 Å². The van der Waals surface area contributed by atoms with Crippen molar-refractivity contribution in [2.45, 2.75) is 18.1 Å². The summed E-state index contributed by atoms with van der Waals surface area (Å²) in [5, 5.41) is 0.767. The highest BCUT2D eigenvalue weighted by atomic mass is 32.2. The molecule has 1 aromatic carbocycles. The highest BCUT2D eigenvalue weighted by Gasteiger charge is 2.19. The largest absolute Gasteiger partial charge is 0.497 e. The van der Waals surface area contributed by atoms with Gasteiger partial charge in [0.15, 0.2) is 16.3 Å². The van der Waals surface area contributed by atoms with Gasteiger partial charge in [0.05, 0.1) is 7.11 Å². The lowest BCUT2D eigenvalue weighted by Gasteiger charge is -2.16. The molecule has 3 aromatic rings. The number of nitrogens with zero attached hydrogens (tertiary/aromatic N) is 4. The van der Waals surface area contributed by atoms with Crippen LogP contribution in [0.25, 0.3) is 16.9 Å². The third-order valence-electron chi connectivity index (χ3n) is 3.74. The van der Waals surface area contributed by atoms with Crippen molar-refractivity contribution in [3.05, 3.63) is 40.9 Å². The fourth-order valence-electron chi connectivity index (χ4n) is 2.62. The molecule has 0 amide bonds. The second-order valence-electron chi connectivity index (χ2n) is 5.04. The van der Waals surface area contributed by atoms with Crippen molar-refractivity contribution in [2.75, 3.05) is 12.9 Å². The molecule has 0 unspecified atom stereocenters. The van der Waals surface area contributed by atoms with Crippen LogP contribution >= 0.6 is 11.8 Å². The van der Waals surface area contributed by atoms with E-state index < -0.39 is 0 Å². The first-order chi connectivity index (χ1) is 10.8. The van der Waals surface area contributed by atoms with Gasteiger partial charge in [-0.25, -0.2) is 9.97 Å². The molecule has 1 aliphatic rings. The number of rotatable bonds is 2. The number of fused-ring (bicyclic) bond motifs is 2. The number of methoxy groups -OCH3 is 1. The molecule has 0 radical (unpaired) electrons. The zero-order valence-corrected chi connectivity index (χ0v) is 12.8. The second-order valence-corrected chi connectivity index (χ2v) is 6.10. The lowest BCUT2D eigenvalue weighted by molar-refractivity contribution is 0.415. The van der Waals surface area contributed by atoms with E-state index in [9.17, 15) is 4.79 Å². The Hall–Kier alpha value is -2.28. The molecule has 3 heterocycles. The maximum Gasteiger partial charge on any atom is 0.280 e. The van der Waals surface area contributed by atoms with Gasteiger partial charge < -0.3 is 4.74 Å². The van der Waals surface area contributed by atoms with Crippen LogP contribution in [0.2, 0.25) is 0 Å². The Labute approximate surface area is 130 Å². The van der Waals surface area contributed by atoms with E-state index in [0.717, 1.165) is 35.3 Å². The van der Waals surface area contributed by atoms with E-state index >= 15 is 0 Å². The predicted molar refractivity (Wildman–Crippen MR) is 85.0 cm³/mol. The minimum absolute atomic E-state index is 0.0273. The lowest BCUT2D eigenvalue weighted by Crippen LogP contribution is -2.27. The Morgan fingerprint density at radius 3 is 2.86 bits per heavy atom. The summed E-state index contributed by atoms with van der Waals surface area (Å²) >= 11 is 1.61. The van der Waals surface area contributed by atoms with Crippen LogP contribution in [0.5, 0.6) is 5.75 Å². The molecule has 6 nitrogen and oxygen atoms in total. The van der Waals surface area contributed by atoms with Gasteiger partial charge in [-0.15, -0.1) is 0 Å². The van der Waals surface area contributed by atoms with E-state index in [1.165, 1.54) is 0 Å². The van der Waals surface area contributed by atoms with Crippen molar-refractivity contribution < 1.29 is 4.74 Å². The van der Waals surface area contributed by atoms with Crippen LogP contribution in [0.15, 0.2) is 40.5 Å². The molecule has 0 aliphatic carbocycles. The van der Waals surface area contributed by atoms with E-state index in [1.54, 1.807) is 34.3 Å². The molecule has 2 aromatic heterocycles. The summed E-state index contributed by atoms with van der Waals surface area (Å²) in [4.78, 5) is 21.6. The summed E-state index contributed by atoms with van der Waals surface area (Å²) in [6.45, 7) is 0.720. The standard InChI is InChI=1S/C15H14N4O2S/c1-21-11-5-3-10(4-6-11)19-9-16-13-12(19)14(20)18-7-2-8-22-15(18)17-13/h3-6,9H,2,7-8H2,1H3. The number of hydrogen-bond donors (Lipinski definition) is 0. The van der Waals surface area contributed by atoms with Crippen molar-refractivity contribution in [2.24, 2.45) is 0 Å². The van der Waals surface area contributed by atoms with Crippen LogP contribution in [-0.2, 0) is 6.54 Å². The molecule has 0 fully saturated rings. The van der Waals surface area contributed by atoms with Gasteiger partial charge in [-0.3, -0.25) is 13.9 Å². The molecule has 0 atom stereocenters. The molecular formula is C15H14N4O2S. The van der Waals surface area contributed by atoms with Crippen LogP contribution < -0.4 is 10.3 Å². The highest BCUT2D eigenvalue weighted by molar-refractivity contribution is 7.99. The van der Waals surface area contributed by atoms with E-state index in [-0.39, 0.29) is 5.56 Å². The predicted octanol–water partition coefficient (Wildman–Crippen LogP) is 2.09. The molecule has 4 rings (SSSR count). The Kier molecular flexibility index (Phi) is 3.15. The topological polar surface area (TPSA) is 61.9 Å². The van der Waals surface area contributed by atoms with Crippen molar-refractivity contribution >= 4 is 22.9 Å². The van der Waals surface area contributed by atoms with E-state index in [0.29, 0.717) is 11.2 Å². The number of imidazole rings is 1. The van der Waals surface area contributed by atoms with Gasteiger partial charge >= 0.3 is 0 Å². The van der Waals surface area contributed by atoms with Crippen molar-refractivity contribution in [1.29, 1.82) is 0 Å². The fourth-order valence-corrected chi connectivity index (χ4v) is 3.55. The zero-order valence-electron chi connectivity index (χ0n) is 12.0. The van der Waals surface area contributed by atoms with Gasteiger partial charge in [-0.05, 0) is 30.7 Å². The quantitative estimate of drug-likeness (QED) is 0.678. The number of benzene rings is 1. The molecule has 0 N–H and O–H groups in total. The first-order valence-corrected chi connectivity index (χ1v) is 8.01. The van der Waals surface area contributed by atoms with Gasteiger partial charge in [0.2, 0.25) is 0 Å². The maximum absolute atomic E-state index is 12.8.